The average molecular weight is 289 g/mol. The first-order valence-corrected chi connectivity index (χ1v) is 7.41. The molecule has 0 amide bonds. The van der Waals surface area contributed by atoms with Crippen molar-refractivity contribution in [1.82, 2.24) is 9.78 Å². The van der Waals surface area contributed by atoms with Crippen molar-refractivity contribution < 1.29 is 9.47 Å². The third-order valence-electron chi connectivity index (χ3n) is 3.05. The molecule has 0 aliphatic rings. The maximum Gasteiger partial charge on any atom is 0.163 e. The van der Waals surface area contributed by atoms with Crippen LogP contribution in [0.25, 0.3) is 0 Å². The fourth-order valence-corrected chi connectivity index (χ4v) is 2.04. The van der Waals surface area contributed by atoms with Gasteiger partial charge in [-0.3, -0.25) is 4.68 Å². The van der Waals surface area contributed by atoms with E-state index in [1.54, 1.807) is 0 Å². The molecule has 1 aromatic carbocycles. The molecular weight excluding hydrogens is 266 g/mol. The molecule has 21 heavy (non-hydrogen) atoms. The Labute approximate surface area is 125 Å². The van der Waals surface area contributed by atoms with Crippen molar-refractivity contribution in [2.45, 2.75) is 33.9 Å². The second-order valence-corrected chi connectivity index (χ2v) is 4.59. The van der Waals surface area contributed by atoms with Gasteiger partial charge in [-0.15, -0.1) is 0 Å². The van der Waals surface area contributed by atoms with Crippen molar-refractivity contribution in [1.29, 1.82) is 0 Å². The number of aryl methyl sites for hydroxylation is 1. The first kappa shape index (κ1) is 15.2. The van der Waals surface area contributed by atoms with Crippen LogP contribution in [0.5, 0.6) is 11.5 Å². The minimum atomic E-state index is 0.618. The van der Waals surface area contributed by atoms with Gasteiger partial charge in [0.15, 0.2) is 11.5 Å². The van der Waals surface area contributed by atoms with Crippen LogP contribution in [0, 0.1) is 0 Å². The minimum Gasteiger partial charge on any atom is -0.490 e. The smallest absolute Gasteiger partial charge is 0.163 e. The molecule has 0 atom stereocenters. The van der Waals surface area contributed by atoms with Gasteiger partial charge in [-0.1, -0.05) is 0 Å². The van der Waals surface area contributed by atoms with Crippen molar-refractivity contribution in [2.75, 3.05) is 18.5 Å². The van der Waals surface area contributed by atoms with Gasteiger partial charge in [0.05, 0.1) is 19.4 Å². The van der Waals surface area contributed by atoms with Gasteiger partial charge in [-0.2, -0.15) is 5.10 Å². The van der Waals surface area contributed by atoms with Crippen molar-refractivity contribution in [3.63, 3.8) is 0 Å². The standard InChI is InChI=1S/C16H23N3O2/c1-4-19-12-13(11-18-19)10-17-14-7-8-15(20-5-2)16(9-14)21-6-3/h7-9,11-12,17H,4-6,10H2,1-3H3. The van der Waals surface area contributed by atoms with Gasteiger partial charge in [0, 0.05) is 36.6 Å². The van der Waals surface area contributed by atoms with Crippen LogP contribution in [0.15, 0.2) is 30.6 Å². The van der Waals surface area contributed by atoms with Crippen LogP contribution in [-0.4, -0.2) is 23.0 Å². The number of anilines is 1. The molecule has 5 heteroatoms. The Morgan fingerprint density at radius 1 is 1.10 bits per heavy atom. The first-order chi connectivity index (χ1) is 10.3. The summed E-state index contributed by atoms with van der Waals surface area (Å²) in [7, 11) is 0. The summed E-state index contributed by atoms with van der Waals surface area (Å²) in [5, 5.41) is 7.64. The molecule has 0 fully saturated rings. The van der Waals surface area contributed by atoms with E-state index < -0.39 is 0 Å². The third-order valence-corrected chi connectivity index (χ3v) is 3.05. The molecule has 0 aliphatic carbocycles. The molecule has 0 radical (unpaired) electrons. The van der Waals surface area contributed by atoms with Gasteiger partial charge in [0.25, 0.3) is 0 Å². The van der Waals surface area contributed by atoms with Crippen LogP contribution in [-0.2, 0) is 13.1 Å². The van der Waals surface area contributed by atoms with Crippen molar-refractivity contribution in [3.8, 4) is 11.5 Å². The highest BCUT2D eigenvalue weighted by Gasteiger charge is 2.06. The molecule has 0 saturated heterocycles. The molecule has 5 nitrogen and oxygen atoms in total. The topological polar surface area (TPSA) is 48.3 Å². The fraction of sp³-hybridized carbons (Fsp3) is 0.438. The number of nitrogens with zero attached hydrogens (tertiary/aromatic N) is 2. The lowest BCUT2D eigenvalue weighted by Crippen LogP contribution is -2.02. The van der Waals surface area contributed by atoms with Crippen LogP contribution in [0.2, 0.25) is 0 Å². The summed E-state index contributed by atoms with van der Waals surface area (Å²) in [5.41, 5.74) is 2.16. The first-order valence-electron chi connectivity index (χ1n) is 7.41. The second kappa shape index (κ2) is 7.57. The molecule has 0 bridgehead atoms. The molecule has 1 heterocycles. The van der Waals surface area contributed by atoms with Gasteiger partial charge in [-0.25, -0.2) is 0 Å². The summed E-state index contributed by atoms with van der Waals surface area (Å²) in [4.78, 5) is 0. The van der Waals surface area contributed by atoms with Gasteiger partial charge in [0.2, 0.25) is 0 Å². The predicted molar refractivity (Wildman–Crippen MR) is 84.0 cm³/mol. The molecule has 0 saturated carbocycles. The van der Waals surface area contributed by atoms with E-state index >= 15 is 0 Å². The zero-order valence-corrected chi connectivity index (χ0v) is 12.9. The summed E-state index contributed by atoms with van der Waals surface area (Å²) in [5.74, 6) is 1.55. The largest absolute Gasteiger partial charge is 0.490 e. The molecular formula is C16H23N3O2. The van der Waals surface area contributed by atoms with Crippen molar-refractivity contribution in [2.24, 2.45) is 0 Å². The maximum atomic E-state index is 5.62. The Kier molecular flexibility index (Phi) is 5.49. The van der Waals surface area contributed by atoms with Gasteiger partial charge < -0.3 is 14.8 Å². The van der Waals surface area contributed by atoms with Gasteiger partial charge in [0.1, 0.15) is 0 Å². The SMILES string of the molecule is CCOc1ccc(NCc2cnn(CC)c2)cc1OCC. The summed E-state index contributed by atoms with van der Waals surface area (Å²) >= 11 is 0. The maximum absolute atomic E-state index is 5.62. The molecule has 0 aliphatic heterocycles. The van der Waals surface area contributed by atoms with Crippen LogP contribution in [0.4, 0.5) is 5.69 Å². The Bertz CT molecular complexity index is 566. The molecule has 0 unspecified atom stereocenters. The highest BCUT2D eigenvalue weighted by molar-refractivity contribution is 5.55. The summed E-state index contributed by atoms with van der Waals surface area (Å²) < 4.78 is 13.1. The number of ether oxygens (including phenoxy) is 2. The van der Waals surface area contributed by atoms with E-state index in [9.17, 15) is 0 Å². The van der Waals surface area contributed by atoms with Crippen molar-refractivity contribution in [3.05, 3.63) is 36.2 Å². The third kappa shape index (κ3) is 4.15. The van der Waals surface area contributed by atoms with E-state index in [0.717, 1.165) is 35.8 Å². The van der Waals surface area contributed by atoms with E-state index in [0.29, 0.717) is 13.2 Å². The van der Waals surface area contributed by atoms with Crippen LogP contribution in [0.1, 0.15) is 26.3 Å². The molecule has 2 aromatic rings. The van der Waals surface area contributed by atoms with E-state index in [4.69, 9.17) is 9.47 Å². The Balaban J connectivity index is 2.03. The molecule has 2 rings (SSSR count). The lowest BCUT2D eigenvalue weighted by Gasteiger charge is -2.13. The molecule has 114 valence electrons. The average Bonchev–Trinajstić information content (AvgIpc) is 2.96. The number of benzene rings is 1. The summed E-state index contributed by atoms with van der Waals surface area (Å²) in [6.45, 7) is 8.88. The van der Waals surface area contributed by atoms with Crippen LogP contribution >= 0.6 is 0 Å². The monoisotopic (exact) mass is 289 g/mol. The highest BCUT2D eigenvalue weighted by atomic mass is 16.5. The number of hydrogen-bond acceptors (Lipinski definition) is 4. The molecule has 1 aromatic heterocycles. The zero-order chi connectivity index (χ0) is 15.1. The van der Waals surface area contributed by atoms with E-state index in [2.05, 4.69) is 17.3 Å². The highest BCUT2D eigenvalue weighted by Crippen LogP contribution is 2.30. The van der Waals surface area contributed by atoms with Crippen LogP contribution < -0.4 is 14.8 Å². The summed E-state index contributed by atoms with van der Waals surface area (Å²) in [6, 6.07) is 5.91. The number of hydrogen-bond donors (Lipinski definition) is 1. The van der Waals surface area contributed by atoms with Crippen molar-refractivity contribution >= 4 is 5.69 Å². The second-order valence-electron chi connectivity index (χ2n) is 4.59. The lowest BCUT2D eigenvalue weighted by atomic mass is 10.2. The number of rotatable bonds is 8. The van der Waals surface area contributed by atoms with E-state index in [1.807, 2.05) is 49.1 Å². The van der Waals surface area contributed by atoms with Gasteiger partial charge >= 0.3 is 0 Å². The Hall–Kier alpha value is -2.17. The summed E-state index contributed by atoms with van der Waals surface area (Å²) in [6.07, 6.45) is 3.93. The number of aromatic nitrogens is 2. The number of nitrogens with one attached hydrogen (secondary N) is 1. The Morgan fingerprint density at radius 2 is 1.86 bits per heavy atom. The van der Waals surface area contributed by atoms with E-state index in [-0.39, 0.29) is 0 Å². The molecule has 0 spiro atoms. The normalized spacial score (nSPS) is 10.4. The Morgan fingerprint density at radius 3 is 2.52 bits per heavy atom. The molecule has 1 N–H and O–H groups in total. The predicted octanol–water partition coefficient (Wildman–Crippen LogP) is 3.31. The van der Waals surface area contributed by atoms with E-state index in [1.165, 1.54) is 0 Å². The fourth-order valence-electron chi connectivity index (χ4n) is 2.04. The van der Waals surface area contributed by atoms with Gasteiger partial charge in [-0.05, 0) is 32.9 Å². The quantitative estimate of drug-likeness (QED) is 0.810. The zero-order valence-electron chi connectivity index (χ0n) is 12.9. The van der Waals surface area contributed by atoms with Crippen LogP contribution in [0.3, 0.4) is 0 Å². The minimum absolute atomic E-state index is 0.618. The lowest BCUT2D eigenvalue weighted by molar-refractivity contribution is 0.288.